The van der Waals surface area contributed by atoms with Gasteiger partial charge in [0.05, 0.1) is 17.8 Å². The maximum absolute atomic E-state index is 14.0. The minimum Gasteiger partial charge on any atom is -0.491 e. The van der Waals surface area contributed by atoms with E-state index in [1.165, 1.54) is 6.07 Å². The van der Waals surface area contributed by atoms with E-state index in [0.29, 0.717) is 5.69 Å². The Morgan fingerprint density at radius 2 is 1.90 bits per heavy atom. The van der Waals surface area contributed by atoms with Gasteiger partial charge in [0.25, 0.3) is 0 Å². The van der Waals surface area contributed by atoms with Crippen molar-refractivity contribution in [2.75, 3.05) is 6.54 Å². The predicted octanol–water partition coefficient (Wildman–Crippen LogP) is 3.71. The fourth-order valence-corrected chi connectivity index (χ4v) is 2.20. The maximum Gasteiger partial charge on any atom is 0.146 e. The first-order valence-electron chi connectivity index (χ1n) is 7.22. The Hall–Kier alpha value is -1.94. The van der Waals surface area contributed by atoms with Crippen LogP contribution < -0.4 is 10.1 Å². The van der Waals surface area contributed by atoms with Gasteiger partial charge in [-0.15, -0.1) is 0 Å². The van der Waals surface area contributed by atoms with Crippen molar-refractivity contribution in [3.63, 3.8) is 0 Å². The quantitative estimate of drug-likeness (QED) is 0.880. The molecule has 1 N–H and O–H groups in total. The van der Waals surface area contributed by atoms with Gasteiger partial charge in [0, 0.05) is 6.20 Å². The van der Waals surface area contributed by atoms with Gasteiger partial charge >= 0.3 is 0 Å². The van der Waals surface area contributed by atoms with Crippen LogP contribution in [0.4, 0.5) is 4.39 Å². The highest BCUT2D eigenvalue weighted by Crippen LogP contribution is 2.24. The molecule has 0 saturated heterocycles. The summed E-state index contributed by atoms with van der Waals surface area (Å²) in [4.78, 5) is 4.18. The van der Waals surface area contributed by atoms with Crippen LogP contribution in [0.5, 0.6) is 5.75 Å². The van der Waals surface area contributed by atoms with Crippen LogP contribution in [0.15, 0.2) is 42.6 Å². The highest BCUT2D eigenvalue weighted by atomic mass is 19.1. The van der Waals surface area contributed by atoms with Crippen molar-refractivity contribution in [3.8, 4) is 5.75 Å². The molecule has 0 bridgehead atoms. The standard InChI is InChI=1S/C17H21FN2O/c1-4-19-16(17-15(18)6-5-11-20-17)13-7-9-14(10-8-13)21-12(2)3/h5-12,16,19H,4H2,1-3H3. The van der Waals surface area contributed by atoms with E-state index in [4.69, 9.17) is 4.74 Å². The van der Waals surface area contributed by atoms with Crippen LogP contribution in [0.1, 0.15) is 38.1 Å². The second kappa shape index (κ2) is 7.18. The van der Waals surface area contributed by atoms with Crippen LogP contribution in [0.25, 0.3) is 0 Å². The Bertz CT molecular complexity index is 569. The van der Waals surface area contributed by atoms with Gasteiger partial charge in [-0.1, -0.05) is 19.1 Å². The van der Waals surface area contributed by atoms with Crippen molar-refractivity contribution in [1.82, 2.24) is 10.3 Å². The number of halogens is 1. The van der Waals surface area contributed by atoms with Crippen molar-refractivity contribution in [2.45, 2.75) is 32.9 Å². The summed E-state index contributed by atoms with van der Waals surface area (Å²) in [7, 11) is 0. The zero-order valence-corrected chi connectivity index (χ0v) is 12.6. The second-order valence-electron chi connectivity index (χ2n) is 5.10. The molecular formula is C17H21FN2O. The van der Waals surface area contributed by atoms with E-state index in [1.807, 2.05) is 45.0 Å². The predicted molar refractivity (Wildman–Crippen MR) is 81.9 cm³/mol. The lowest BCUT2D eigenvalue weighted by atomic mass is 10.0. The van der Waals surface area contributed by atoms with Crippen molar-refractivity contribution < 1.29 is 9.13 Å². The average molecular weight is 288 g/mol. The van der Waals surface area contributed by atoms with Crippen LogP contribution in [0, 0.1) is 5.82 Å². The van der Waals surface area contributed by atoms with Crippen molar-refractivity contribution in [3.05, 3.63) is 59.7 Å². The topological polar surface area (TPSA) is 34.1 Å². The first-order valence-corrected chi connectivity index (χ1v) is 7.22. The lowest BCUT2D eigenvalue weighted by Gasteiger charge is -2.19. The molecule has 1 heterocycles. The van der Waals surface area contributed by atoms with Crippen molar-refractivity contribution in [1.29, 1.82) is 0 Å². The van der Waals surface area contributed by atoms with Gasteiger partial charge in [-0.05, 0) is 50.2 Å². The molecule has 2 aromatic rings. The summed E-state index contributed by atoms with van der Waals surface area (Å²) in [6.45, 7) is 6.69. The molecule has 2 rings (SSSR count). The third-order valence-electron chi connectivity index (χ3n) is 3.05. The minimum absolute atomic E-state index is 0.133. The number of aromatic nitrogens is 1. The molecule has 1 atom stereocenters. The zero-order chi connectivity index (χ0) is 15.2. The molecule has 4 heteroatoms. The van der Waals surface area contributed by atoms with Gasteiger partial charge < -0.3 is 10.1 Å². The molecule has 0 radical (unpaired) electrons. The lowest BCUT2D eigenvalue weighted by molar-refractivity contribution is 0.242. The molecule has 3 nitrogen and oxygen atoms in total. The largest absolute Gasteiger partial charge is 0.491 e. The fraction of sp³-hybridized carbons (Fsp3) is 0.353. The molecule has 0 amide bonds. The maximum atomic E-state index is 14.0. The van der Waals surface area contributed by atoms with E-state index in [-0.39, 0.29) is 18.0 Å². The third kappa shape index (κ3) is 4.02. The van der Waals surface area contributed by atoms with Crippen LogP contribution in [0.3, 0.4) is 0 Å². The summed E-state index contributed by atoms with van der Waals surface area (Å²) < 4.78 is 19.6. The molecule has 0 aliphatic heterocycles. The third-order valence-corrected chi connectivity index (χ3v) is 3.05. The van der Waals surface area contributed by atoms with Crippen LogP contribution in [-0.4, -0.2) is 17.6 Å². The highest BCUT2D eigenvalue weighted by Gasteiger charge is 2.18. The Balaban J connectivity index is 2.28. The number of nitrogens with one attached hydrogen (secondary N) is 1. The number of nitrogens with zero attached hydrogens (tertiary/aromatic N) is 1. The number of ether oxygens (including phenoxy) is 1. The summed E-state index contributed by atoms with van der Waals surface area (Å²) in [6, 6.07) is 10.5. The summed E-state index contributed by atoms with van der Waals surface area (Å²) in [6.07, 6.45) is 1.74. The average Bonchev–Trinajstić information content (AvgIpc) is 2.46. The molecule has 1 aromatic heterocycles. The molecule has 1 aromatic carbocycles. The Morgan fingerprint density at radius 3 is 2.48 bits per heavy atom. The SMILES string of the molecule is CCNC(c1ccc(OC(C)C)cc1)c1ncccc1F. The molecule has 112 valence electrons. The number of rotatable bonds is 6. The minimum atomic E-state index is -0.300. The number of benzene rings is 1. The summed E-state index contributed by atoms with van der Waals surface area (Å²) in [5.41, 5.74) is 1.38. The van der Waals surface area contributed by atoms with Crippen molar-refractivity contribution >= 4 is 0 Å². The van der Waals surface area contributed by atoms with E-state index in [0.717, 1.165) is 17.9 Å². The fourth-order valence-electron chi connectivity index (χ4n) is 2.20. The summed E-state index contributed by atoms with van der Waals surface area (Å²) in [5, 5.41) is 3.27. The molecule has 0 spiro atoms. The van der Waals surface area contributed by atoms with E-state index >= 15 is 0 Å². The molecule has 0 saturated carbocycles. The molecular weight excluding hydrogens is 267 g/mol. The van der Waals surface area contributed by atoms with E-state index < -0.39 is 0 Å². The normalized spacial score (nSPS) is 12.4. The Kier molecular flexibility index (Phi) is 5.28. The van der Waals surface area contributed by atoms with Gasteiger partial charge in [0.2, 0.25) is 0 Å². The van der Waals surface area contributed by atoms with Gasteiger partial charge in [-0.25, -0.2) is 4.39 Å². The van der Waals surface area contributed by atoms with Crippen LogP contribution >= 0.6 is 0 Å². The molecule has 21 heavy (non-hydrogen) atoms. The van der Waals surface area contributed by atoms with Gasteiger partial charge in [-0.3, -0.25) is 4.98 Å². The van der Waals surface area contributed by atoms with Crippen LogP contribution in [0.2, 0.25) is 0 Å². The molecule has 0 aliphatic carbocycles. The summed E-state index contributed by atoms with van der Waals surface area (Å²) in [5.74, 6) is 0.511. The summed E-state index contributed by atoms with van der Waals surface area (Å²) >= 11 is 0. The van der Waals surface area contributed by atoms with E-state index in [1.54, 1.807) is 12.3 Å². The Morgan fingerprint density at radius 1 is 1.19 bits per heavy atom. The lowest BCUT2D eigenvalue weighted by Crippen LogP contribution is -2.24. The van der Waals surface area contributed by atoms with E-state index in [2.05, 4.69) is 10.3 Å². The molecule has 0 aliphatic rings. The zero-order valence-electron chi connectivity index (χ0n) is 12.6. The van der Waals surface area contributed by atoms with Gasteiger partial charge in [0.1, 0.15) is 11.6 Å². The number of hydrogen-bond acceptors (Lipinski definition) is 3. The number of hydrogen-bond donors (Lipinski definition) is 1. The second-order valence-corrected chi connectivity index (χ2v) is 5.10. The Labute approximate surface area is 125 Å². The van der Waals surface area contributed by atoms with Crippen molar-refractivity contribution in [2.24, 2.45) is 0 Å². The highest BCUT2D eigenvalue weighted by molar-refractivity contribution is 5.33. The smallest absolute Gasteiger partial charge is 0.146 e. The van der Waals surface area contributed by atoms with Gasteiger partial charge in [-0.2, -0.15) is 0 Å². The first kappa shape index (κ1) is 15.4. The molecule has 0 fully saturated rings. The van der Waals surface area contributed by atoms with Crippen LogP contribution in [-0.2, 0) is 0 Å². The van der Waals surface area contributed by atoms with E-state index in [9.17, 15) is 4.39 Å². The van der Waals surface area contributed by atoms with Gasteiger partial charge in [0.15, 0.2) is 0 Å². The molecule has 1 unspecified atom stereocenters. The first-order chi connectivity index (χ1) is 10.1. The monoisotopic (exact) mass is 288 g/mol. The number of pyridine rings is 1.